The average Bonchev–Trinajstić information content (AvgIpc) is 2.95. The number of carbonyl (C=O) groups is 2. The van der Waals surface area contributed by atoms with Crippen molar-refractivity contribution in [1.82, 2.24) is 9.88 Å². The smallest absolute Gasteiger partial charge is 0.306 e. The monoisotopic (exact) mass is 316 g/mol. The lowest BCUT2D eigenvalue weighted by molar-refractivity contribution is -0.147. The minimum absolute atomic E-state index is 0.0500. The quantitative estimate of drug-likeness (QED) is 0.881. The molecular formula is C17H20N2O4. The summed E-state index contributed by atoms with van der Waals surface area (Å²) >= 11 is 0. The summed E-state index contributed by atoms with van der Waals surface area (Å²) in [5, 5.41) is 9.98. The summed E-state index contributed by atoms with van der Waals surface area (Å²) in [5.41, 5.74) is 2.20. The van der Waals surface area contributed by atoms with Crippen LogP contribution in [-0.2, 0) is 20.7 Å². The Kier molecular flexibility index (Phi) is 4.62. The summed E-state index contributed by atoms with van der Waals surface area (Å²) in [6.07, 6.45) is 2.57. The number of carboxylic acid groups (broad SMARTS) is 1. The topological polar surface area (TPSA) is 82.6 Å². The molecule has 0 saturated carbocycles. The fourth-order valence-electron chi connectivity index (χ4n) is 3.00. The third-order valence-corrected chi connectivity index (χ3v) is 4.18. The van der Waals surface area contributed by atoms with Crippen LogP contribution in [0.15, 0.2) is 30.5 Å². The zero-order valence-electron chi connectivity index (χ0n) is 12.8. The number of aliphatic carboxylic acids is 1. The molecule has 0 spiro atoms. The highest BCUT2D eigenvalue weighted by Crippen LogP contribution is 2.19. The van der Waals surface area contributed by atoms with E-state index >= 15 is 0 Å². The molecule has 1 aromatic heterocycles. The highest BCUT2D eigenvalue weighted by Gasteiger charge is 2.25. The van der Waals surface area contributed by atoms with Gasteiger partial charge >= 0.3 is 5.97 Å². The van der Waals surface area contributed by atoms with E-state index in [2.05, 4.69) is 4.98 Å². The van der Waals surface area contributed by atoms with Gasteiger partial charge in [-0.3, -0.25) is 9.59 Å². The number of benzene rings is 1. The minimum Gasteiger partial charge on any atom is -0.481 e. The lowest BCUT2D eigenvalue weighted by Gasteiger charge is -2.32. The summed E-state index contributed by atoms with van der Waals surface area (Å²) in [6, 6.07) is 8.02. The van der Waals surface area contributed by atoms with Crippen molar-refractivity contribution < 1.29 is 19.4 Å². The van der Waals surface area contributed by atoms with Gasteiger partial charge in [-0.2, -0.15) is 0 Å². The fourth-order valence-corrected chi connectivity index (χ4v) is 3.00. The number of aromatic amines is 1. The molecule has 23 heavy (non-hydrogen) atoms. The van der Waals surface area contributed by atoms with E-state index in [-0.39, 0.29) is 12.3 Å². The van der Waals surface area contributed by atoms with Gasteiger partial charge in [0.15, 0.2) is 0 Å². The number of hydrogen-bond acceptors (Lipinski definition) is 3. The van der Waals surface area contributed by atoms with Gasteiger partial charge in [0.2, 0.25) is 5.91 Å². The standard InChI is InChI=1S/C17H20N2O4/c20-16(19-7-8-23-13(11-19)9-17(21)22)6-5-12-10-18-15-4-2-1-3-14(12)15/h1-4,10,13,18H,5-9,11H2,(H,21,22)/t13-/m0/s1. The predicted molar refractivity (Wildman–Crippen MR) is 85.2 cm³/mol. The first-order chi connectivity index (χ1) is 11.1. The van der Waals surface area contributed by atoms with Crippen molar-refractivity contribution in [2.24, 2.45) is 0 Å². The molecule has 0 aliphatic carbocycles. The molecule has 3 rings (SSSR count). The molecule has 0 unspecified atom stereocenters. The van der Waals surface area contributed by atoms with E-state index < -0.39 is 12.1 Å². The second-order valence-corrected chi connectivity index (χ2v) is 5.79. The van der Waals surface area contributed by atoms with Crippen molar-refractivity contribution in [2.75, 3.05) is 19.7 Å². The van der Waals surface area contributed by atoms with Crippen molar-refractivity contribution in [3.63, 3.8) is 0 Å². The SMILES string of the molecule is O=C(O)C[C@H]1CN(C(=O)CCc2c[nH]c3ccccc23)CCO1. The number of carboxylic acids is 1. The van der Waals surface area contributed by atoms with E-state index in [1.807, 2.05) is 30.5 Å². The van der Waals surface area contributed by atoms with Crippen molar-refractivity contribution >= 4 is 22.8 Å². The largest absolute Gasteiger partial charge is 0.481 e. The van der Waals surface area contributed by atoms with Gasteiger partial charge in [-0.1, -0.05) is 18.2 Å². The zero-order chi connectivity index (χ0) is 16.2. The van der Waals surface area contributed by atoms with Crippen LogP contribution in [0.25, 0.3) is 10.9 Å². The lowest BCUT2D eigenvalue weighted by atomic mass is 10.1. The van der Waals surface area contributed by atoms with E-state index in [1.54, 1.807) is 4.90 Å². The molecule has 6 nitrogen and oxygen atoms in total. The number of amides is 1. The lowest BCUT2D eigenvalue weighted by Crippen LogP contribution is -2.46. The van der Waals surface area contributed by atoms with Crippen LogP contribution in [0, 0.1) is 0 Å². The number of aryl methyl sites for hydroxylation is 1. The van der Waals surface area contributed by atoms with E-state index in [0.717, 1.165) is 16.5 Å². The van der Waals surface area contributed by atoms with Gasteiger partial charge in [0.05, 0.1) is 19.1 Å². The highest BCUT2D eigenvalue weighted by atomic mass is 16.5. The Labute approximate surface area is 134 Å². The number of aromatic nitrogens is 1. The number of fused-ring (bicyclic) bond motifs is 1. The molecule has 1 aromatic carbocycles. The Morgan fingerprint density at radius 3 is 3.00 bits per heavy atom. The number of rotatable bonds is 5. The summed E-state index contributed by atoms with van der Waals surface area (Å²) < 4.78 is 5.40. The molecule has 0 radical (unpaired) electrons. The van der Waals surface area contributed by atoms with E-state index in [9.17, 15) is 9.59 Å². The summed E-state index contributed by atoms with van der Waals surface area (Å²) in [4.78, 5) is 28.1. The zero-order valence-corrected chi connectivity index (χ0v) is 12.8. The Morgan fingerprint density at radius 1 is 1.35 bits per heavy atom. The molecule has 1 aliphatic heterocycles. The second kappa shape index (κ2) is 6.83. The molecule has 1 fully saturated rings. The van der Waals surface area contributed by atoms with Gasteiger partial charge in [0, 0.05) is 36.6 Å². The number of ether oxygens (including phenoxy) is 1. The molecule has 122 valence electrons. The van der Waals surface area contributed by atoms with Gasteiger partial charge in [-0.05, 0) is 18.1 Å². The molecule has 1 atom stereocenters. The molecule has 1 saturated heterocycles. The van der Waals surface area contributed by atoms with Crippen LogP contribution in [0.4, 0.5) is 0 Å². The summed E-state index contributed by atoms with van der Waals surface area (Å²) in [5.74, 6) is -0.850. The highest BCUT2D eigenvalue weighted by molar-refractivity contribution is 5.84. The normalized spacial score (nSPS) is 18.3. The third kappa shape index (κ3) is 3.71. The molecular weight excluding hydrogens is 296 g/mol. The van der Waals surface area contributed by atoms with Crippen LogP contribution in [0.1, 0.15) is 18.4 Å². The van der Waals surface area contributed by atoms with Crippen molar-refractivity contribution in [3.05, 3.63) is 36.0 Å². The predicted octanol–water partition coefficient (Wildman–Crippen LogP) is 1.80. The summed E-state index contributed by atoms with van der Waals surface area (Å²) in [6.45, 7) is 1.29. The Bertz CT molecular complexity index is 709. The second-order valence-electron chi connectivity index (χ2n) is 5.79. The third-order valence-electron chi connectivity index (χ3n) is 4.18. The van der Waals surface area contributed by atoms with Crippen molar-refractivity contribution in [1.29, 1.82) is 0 Å². The molecule has 2 heterocycles. The number of hydrogen-bond donors (Lipinski definition) is 2. The number of morpholine rings is 1. The maximum absolute atomic E-state index is 12.4. The fraction of sp³-hybridized carbons (Fsp3) is 0.412. The molecule has 1 aliphatic rings. The van der Waals surface area contributed by atoms with E-state index in [0.29, 0.717) is 32.5 Å². The number of H-pyrrole nitrogens is 1. The van der Waals surface area contributed by atoms with E-state index in [4.69, 9.17) is 9.84 Å². The maximum atomic E-state index is 12.4. The first-order valence-corrected chi connectivity index (χ1v) is 7.79. The van der Waals surface area contributed by atoms with E-state index in [1.165, 1.54) is 0 Å². The number of carbonyl (C=O) groups excluding carboxylic acids is 1. The van der Waals surface area contributed by atoms with Crippen LogP contribution < -0.4 is 0 Å². The molecule has 1 amide bonds. The van der Waals surface area contributed by atoms with Gasteiger partial charge in [0.1, 0.15) is 0 Å². The van der Waals surface area contributed by atoms with Crippen LogP contribution >= 0.6 is 0 Å². The molecule has 2 N–H and O–H groups in total. The Hall–Kier alpha value is -2.34. The Morgan fingerprint density at radius 2 is 2.17 bits per heavy atom. The molecule has 0 bridgehead atoms. The van der Waals surface area contributed by atoms with Crippen LogP contribution in [0.5, 0.6) is 0 Å². The van der Waals surface area contributed by atoms with Crippen molar-refractivity contribution in [3.8, 4) is 0 Å². The first kappa shape index (κ1) is 15.6. The van der Waals surface area contributed by atoms with Crippen LogP contribution in [0.2, 0.25) is 0 Å². The van der Waals surface area contributed by atoms with Crippen LogP contribution in [-0.4, -0.2) is 52.7 Å². The number of nitrogens with one attached hydrogen (secondary N) is 1. The van der Waals surface area contributed by atoms with Crippen LogP contribution in [0.3, 0.4) is 0 Å². The number of para-hydroxylation sites is 1. The minimum atomic E-state index is -0.900. The maximum Gasteiger partial charge on any atom is 0.306 e. The molecule has 2 aromatic rings. The summed E-state index contributed by atoms with van der Waals surface area (Å²) in [7, 11) is 0. The average molecular weight is 316 g/mol. The first-order valence-electron chi connectivity index (χ1n) is 7.79. The number of nitrogens with zero attached hydrogens (tertiary/aromatic N) is 1. The molecule has 6 heteroatoms. The van der Waals surface area contributed by atoms with Gasteiger partial charge in [0.25, 0.3) is 0 Å². The van der Waals surface area contributed by atoms with Gasteiger partial charge in [-0.15, -0.1) is 0 Å². The van der Waals surface area contributed by atoms with Gasteiger partial charge < -0.3 is 19.7 Å². The van der Waals surface area contributed by atoms with Crippen molar-refractivity contribution in [2.45, 2.75) is 25.4 Å². The Balaban J connectivity index is 1.57. The van der Waals surface area contributed by atoms with Gasteiger partial charge in [-0.25, -0.2) is 0 Å².